The Bertz CT molecular complexity index is 539. The standard InChI is InChI=1S/C12H13BrN4O/c13-7-4-5-10(15-6-7)11-16-12(18-17-11)8-2-1-3-9(8)14/h4-6,8-9H,1-3,14H2. The van der Waals surface area contributed by atoms with Crippen LogP contribution in [-0.2, 0) is 0 Å². The van der Waals surface area contributed by atoms with E-state index >= 15 is 0 Å². The van der Waals surface area contributed by atoms with Gasteiger partial charge in [0.05, 0.1) is 5.92 Å². The Morgan fingerprint density at radius 3 is 2.89 bits per heavy atom. The fourth-order valence-corrected chi connectivity index (χ4v) is 2.53. The smallest absolute Gasteiger partial charge is 0.231 e. The van der Waals surface area contributed by atoms with Crippen LogP contribution in [0.4, 0.5) is 0 Å². The fourth-order valence-electron chi connectivity index (χ4n) is 2.29. The molecule has 0 radical (unpaired) electrons. The Hall–Kier alpha value is -1.27. The summed E-state index contributed by atoms with van der Waals surface area (Å²) in [7, 11) is 0. The van der Waals surface area contributed by atoms with E-state index in [0.29, 0.717) is 17.4 Å². The molecule has 18 heavy (non-hydrogen) atoms. The lowest BCUT2D eigenvalue weighted by molar-refractivity contribution is 0.345. The molecule has 1 aliphatic rings. The number of hydrogen-bond acceptors (Lipinski definition) is 5. The first-order chi connectivity index (χ1) is 8.74. The third-order valence-electron chi connectivity index (χ3n) is 3.28. The zero-order valence-corrected chi connectivity index (χ0v) is 11.3. The van der Waals surface area contributed by atoms with E-state index in [1.165, 1.54) is 0 Å². The number of halogens is 1. The van der Waals surface area contributed by atoms with E-state index in [2.05, 4.69) is 31.1 Å². The first-order valence-corrected chi connectivity index (χ1v) is 6.74. The van der Waals surface area contributed by atoms with Gasteiger partial charge in [-0.15, -0.1) is 0 Å². The van der Waals surface area contributed by atoms with Crippen LogP contribution >= 0.6 is 15.9 Å². The van der Waals surface area contributed by atoms with Crippen molar-refractivity contribution in [2.24, 2.45) is 5.73 Å². The SMILES string of the molecule is NC1CCCC1c1nc(-c2ccc(Br)cn2)no1. The molecular formula is C12H13BrN4O. The summed E-state index contributed by atoms with van der Waals surface area (Å²) < 4.78 is 6.23. The molecule has 2 aromatic heterocycles. The summed E-state index contributed by atoms with van der Waals surface area (Å²) in [6.07, 6.45) is 4.89. The molecular weight excluding hydrogens is 296 g/mol. The molecule has 0 amide bonds. The zero-order valence-electron chi connectivity index (χ0n) is 9.71. The maximum absolute atomic E-state index is 6.03. The van der Waals surface area contributed by atoms with Crippen molar-refractivity contribution < 1.29 is 4.52 Å². The van der Waals surface area contributed by atoms with Gasteiger partial charge in [-0.3, -0.25) is 4.98 Å². The molecule has 2 unspecified atom stereocenters. The maximum atomic E-state index is 6.03. The Morgan fingerprint density at radius 1 is 1.33 bits per heavy atom. The van der Waals surface area contributed by atoms with Crippen molar-refractivity contribution in [1.82, 2.24) is 15.1 Å². The zero-order chi connectivity index (χ0) is 12.5. The van der Waals surface area contributed by atoms with Gasteiger partial charge in [-0.1, -0.05) is 11.6 Å². The van der Waals surface area contributed by atoms with Gasteiger partial charge >= 0.3 is 0 Å². The number of nitrogens with two attached hydrogens (primary N) is 1. The molecule has 2 aromatic rings. The first kappa shape index (κ1) is 11.8. The van der Waals surface area contributed by atoms with Crippen LogP contribution in [0.1, 0.15) is 31.1 Å². The molecule has 6 heteroatoms. The molecule has 1 aliphatic carbocycles. The van der Waals surface area contributed by atoms with Gasteiger partial charge in [0.1, 0.15) is 5.69 Å². The Kier molecular flexibility index (Phi) is 3.13. The molecule has 0 spiro atoms. The van der Waals surface area contributed by atoms with Crippen molar-refractivity contribution in [1.29, 1.82) is 0 Å². The van der Waals surface area contributed by atoms with Crippen LogP contribution in [0, 0.1) is 0 Å². The van der Waals surface area contributed by atoms with Gasteiger partial charge in [-0.2, -0.15) is 4.98 Å². The molecule has 3 rings (SSSR count). The summed E-state index contributed by atoms with van der Waals surface area (Å²) >= 11 is 3.34. The molecule has 0 aromatic carbocycles. The molecule has 0 aliphatic heterocycles. The van der Waals surface area contributed by atoms with Crippen LogP contribution in [0.2, 0.25) is 0 Å². The Morgan fingerprint density at radius 2 is 2.22 bits per heavy atom. The third-order valence-corrected chi connectivity index (χ3v) is 3.75. The van der Waals surface area contributed by atoms with E-state index in [9.17, 15) is 0 Å². The highest BCUT2D eigenvalue weighted by Crippen LogP contribution is 2.33. The minimum Gasteiger partial charge on any atom is -0.339 e. The molecule has 2 atom stereocenters. The van der Waals surface area contributed by atoms with Crippen LogP contribution in [-0.4, -0.2) is 21.2 Å². The predicted octanol–water partition coefficient (Wildman–Crippen LogP) is 2.49. The third kappa shape index (κ3) is 2.18. The number of rotatable bonds is 2. The summed E-state index contributed by atoms with van der Waals surface area (Å²) in [6.45, 7) is 0. The van der Waals surface area contributed by atoms with Crippen LogP contribution in [0.15, 0.2) is 27.3 Å². The first-order valence-electron chi connectivity index (χ1n) is 5.95. The summed E-state index contributed by atoms with van der Waals surface area (Å²) in [5.41, 5.74) is 6.74. The Labute approximate surface area is 113 Å². The van der Waals surface area contributed by atoms with Crippen molar-refractivity contribution in [2.75, 3.05) is 0 Å². The lowest BCUT2D eigenvalue weighted by atomic mass is 10.1. The van der Waals surface area contributed by atoms with Gasteiger partial charge in [0.15, 0.2) is 0 Å². The minimum absolute atomic E-state index is 0.135. The van der Waals surface area contributed by atoms with E-state index in [-0.39, 0.29) is 12.0 Å². The lowest BCUT2D eigenvalue weighted by Crippen LogP contribution is -2.22. The van der Waals surface area contributed by atoms with E-state index < -0.39 is 0 Å². The van der Waals surface area contributed by atoms with Crippen LogP contribution in [0.3, 0.4) is 0 Å². The van der Waals surface area contributed by atoms with Gasteiger partial charge < -0.3 is 10.3 Å². The van der Waals surface area contributed by atoms with Crippen LogP contribution < -0.4 is 5.73 Å². The highest BCUT2D eigenvalue weighted by atomic mass is 79.9. The number of pyridine rings is 1. The van der Waals surface area contributed by atoms with E-state index in [1.807, 2.05) is 12.1 Å². The van der Waals surface area contributed by atoms with E-state index in [0.717, 1.165) is 23.7 Å². The van der Waals surface area contributed by atoms with Crippen molar-refractivity contribution >= 4 is 15.9 Å². The topological polar surface area (TPSA) is 77.8 Å². The van der Waals surface area contributed by atoms with Gasteiger partial charge in [0, 0.05) is 16.7 Å². The number of hydrogen-bond donors (Lipinski definition) is 1. The summed E-state index contributed by atoms with van der Waals surface area (Å²) in [6, 6.07) is 3.89. The highest BCUT2D eigenvalue weighted by Gasteiger charge is 2.30. The van der Waals surface area contributed by atoms with Crippen molar-refractivity contribution in [3.63, 3.8) is 0 Å². The molecule has 2 N–H and O–H groups in total. The predicted molar refractivity (Wildman–Crippen MR) is 69.8 cm³/mol. The fraction of sp³-hybridized carbons (Fsp3) is 0.417. The molecule has 1 fully saturated rings. The second-order valence-corrected chi connectivity index (χ2v) is 5.43. The average Bonchev–Trinajstić information content (AvgIpc) is 2.98. The van der Waals surface area contributed by atoms with Gasteiger partial charge in [0.25, 0.3) is 0 Å². The quantitative estimate of drug-likeness (QED) is 0.922. The normalized spacial score (nSPS) is 23.4. The summed E-state index contributed by atoms with van der Waals surface area (Å²) in [5.74, 6) is 1.36. The molecule has 94 valence electrons. The molecule has 0 saturated heterocycles. The van der Waals surface area contributed by atoms with Crippen LogP contribution in [0.25, 0.3) is 11.5 Å². The second kappa shape index (κ2) is 4.78. The van der Waals surface area contributed by atoms with Gasteiger partial charge in [-0.25, -0.2) is 0 Å². The highest BCUT2D eigenvalue weighted by molar-refractivity contribution is 9.10. The average molecular weight is 309 g/mol. The minimum atomic E-state index is 0.135. The monoisotopic (exact) mass is 308 g/mol. The second-order valence-electron chi connectivity index (χ2n) is 4.52. The molecule has 1 saturated carbocycles. The van der Waals surface area contributed by atoms with Crippen molar-refractivity contribution in [3.05, 3.63) is 28.7 Å². The largest absolute Gasteiger partial charge is 0.339 e. The van der Waals surface area contributed by atoms with Gasteiger partial charge in [-0.05, 0) is 40.9 Å². The van der Waals surface area contributed by atoms with Crippen molar-refractivity contribution in [2.45, 2.75) is 31.2 Å². The van der Waals surface area contributed by atoms with Crippen LogP contribution in [0.5, 0.6) is 0 Å². The number of aromatic nitrogens is 3. The van der Waals surface area contributed by atoms with E-state index in [4.69, 9.17) is 10.3 Å². The van der Waals surface area contributed by atoms with E-state index in [1.54, 1.807) is 6.20 Å². The number of nitrogens with zero attached hydrogens (tertiary/aromatic N) is 3. The Balaban J connectivity index is 1.87. The molecule has 0 bridgehead atoms. The maximum Gasteiger partial charge on any atom is 0.231 e. The molecule has 5 nitrogen and oxygen atoms in total. The summed E-state index contributed by atoms with van der Waals surface area (Å²) in [4.78, 5) is 8.65. The summed E-state index contributed by atoms with van der Waals surface area (Å²) in [5, 5.41) is 3.98. The van der Waals surface area contributed by atoms with Crippen molar-refractivity contribution in [3.8, 4) is 11.5 Å². The lowest BCUT2D eigenvalue weighted by Gasteiger charge is -2.08. The molecule has 2 heterocycles. The van der Waals surface area contributed by atoms with Gasteiger partial charge in [0.2, 0.25) is 11.7 Å².